The molecule has 0 spiro atoms. The Kier molecular flexibility index (Phi) is 2.75. The van der Waals surface area contributed by atoms with Crippen LogP contribution in [0.2, 0.25) is 0 Å². The number of nitrogen functional groups attached to an aromatic ring is 1. The predicted octanol–water partition coefficient (Wildman–Crippen LogP) is 6.27. The lowest BCUT2D eigenvalue weighted by molar-refractivity contribution is 0.669. The molecular weight excluding hydrogens is 332 g/mol. The van der Waals surface area contributed by atoms with Crippen LogP contribution in [0.3, 0.4) is 0 Å². The summed E-state index contributed by atoms with van der Waals surface area (Å²) in [7, 11) is 0. The van der Waals surface area contributed by atoms with Gasteiger partial charge in [0.05, 0.1) is 11.0 Å². The Morgan fingerprint density at radius 3 is 2.26 bits per heavy atom. The van der Waals surface area contributed by atoms with Gasteiger partial charge < -0.3 is 14.7 Å². The summed E-state index contributed by atoms with van der Waals surface area (Å²) in [4.78, 5) is 0. The van der Waals surface area contributed by atoms with Gasteiger partial charge in [-0.3, -0.25) is 0 Å². The first-order valence-electron chi connectivity index (χ1n) is 9.00. The molecule has 0 bridgehead atoms. The molecule has 0 unspecified atom stereocenters. The van der Waals surface area contributed by atoms with Crippen LogP contribution in [0.1, 0.15) is 0 Å². The fourth-order valence-electron chi connectivity index (χ4n) is 4.11. The molecule has 0 fully saturated rings. The van der Waals surface area contributed by atoms with Gasteiger partial charge in [0.2, 0.25) is 0 Å². The first kappa shape index (κ1) is 14.4. The fraction of sp³-hybridized carbons (Fsp3) is 0. The minimum Gasteiger partial charge on any atom is -0.456 e. The summed E-state index contributed by atoms with van der Waals surface area (Å²) in [5.74, 6) is 0. The average Bonchev–Trinajstić information content (AvgIpc) is 3.22. The summed E-state index contributed by atoms with van der Waals surface area (Å²) >= 11 is 0. The molecule has 3 heteroatoms. The lowest BCUT2D eigenvalue weighted by Gasteiger charge is -2.07. The first-order valence-corrected chi connectivity index (χ1v) is 9.00. The van der Waals surface area contributed by atoms with Crippen molar-refractivity contribution in [1.82, 2.24) is 4.57 Å². The SMILES string of the molecule is Nc1ccc2c(c1)c1cc3oc4ccccc4c3cc1n2-c1ccccc1. The molecule has 0 aliphatic heterocycles. The molecule has 6 rings (SSSR count). The van der Waals surface area contributed by atoms with Crippen LogP contribution in [-0.4, -0.2) is 4.57 Å². The van der Waals surface area contributed by atoms with Crippen molar-refractivity contribution < 1.29 is 4.42 Å². The topological polar surface area (TPSA) is 44.1 Å². The second-order valence-corrected chi connectivity index (χ2v) is 6.91. The zero-order valence-electron chi connectivity index (χ0n) is 14.5. The van der Waals surface area contributed by atoms with E-state index in [1.54, 1.807) is 0 Å². The van der Waals surface area contributed by atoms with Crippen molar-refractivity contribution in [3.8, 4) is 5.69 Å². The van der Waals surface area contributed by atoms with E-state index in [4.69, 9.17) is 10.2 Å². The molecule has 27 heavy (non-hydrogen) atoms. The molecule has 0 saturated carbocycles. The number of hydrogen-bond donors (Lipinski definition) is 1. The number of aromatic nitrogens is 1. The van der Waals surface area contributed by atoms with E-state index in [1.165, 1.54) is 0 Å². The molecule has 0 radical (unpaired) electrons. The molecule has 0 amide bonds. The maximum Gasteiger partial charge on any atom is 0.136 e. The molecule has 0 aliphatic rings. The molecule has 0 aliphatic carbocycles. The van der Waals surface area contributed by atoms with Crippen molar-refractivity contribution in [3.63, 3.8) is 0 Å². The number of nitrogens with two attached hydrogens (primary N) is 1. The fourth-order valence-corrected chi connectivity index (χ4v) is 4.11. The van der Waals surface area contributed by atoms with Crippen molar-refractivity contribution in [2.45, 2.75) is 0 Å². The molecule has 0 saturated heterocycles. The summed E-state index contributed by atoms with van der Waals surface area (Å²) in [5, 5.41) is 4.55. The van der Waals surface area contributed by atoms with Crippen LogP contribution in [0.4, 0.5) is 5.69 Å². The molecule has 2 N–H and O–H groups in total. The molecule has 128 valence electrons. The summed E-state index contributed by atoms with van der Waals surface area (Å²) in [6.45, 7) is 0. The van der Waals surface area contributed by atoms with E-state index < -0.39 is 0 Å². The standard InChI is InChI=1S/C24H16N2O/c25-15-10-11-21-18(12-15)19-14-24-20(17-8-4-5-9-23(17)27-24)13-22(19)26(21)16-6-2-1-3-7-16/h1-14H,25H2. The summed E-state index contributed by atoms with van der Waals surface area (Å²) in [6.07, 6.45) is 0. The van der Waals surface area contributed by atoms with Gasteiger partial charge in [0, 0.05) is 32.9 Å². The van der Waals surface area contributed by atoms with E-state index in [0.29, 0.717) is 0 Å². The second-order valence-electron chi connectivity index (χ2n) is 6.91. The maximum atomic E-state index is 6.11. The van der Waals surface area contributed by atoms with E-state index in [1.807, 2.05) is 30.3 Å². The van der Waals surface area contributed by atoms with Gasteiger partial charge in [0.25, 0.3) is 0 Å². The molecule has 2 heterocycles. The normalized spacial score (nSPS) is 11.9. The van der Waals surface area contributed by atoms with Crippen LogP contribution in [0.25, 0.3) is 49.4 Å². The third-order valence-electron chi connectivity index (χ3n) is 5.30. The Morgan fingerprint density at radius 1 is 0.593 bits per heavy atom. The lowest BCUT2D eigenvalue weighted by Crippen LogP contribution is -1.93. The summed E-state index contributed by atoms with van der Waals surface area (Å²) < 4.78 is 8.41. The number of furan rings is 1. The minimum atomic E-state index is 0.763. The largest absolute Gasteiger partial charge is 0.456 e. The number of nitrogens with zero attached hydrogens (tertiary/aromatic N) is 1. The monoisotopic (exact) mass is 348 g/mol. The van der Waals surface area contributed by atoms with Crippen molar-refractivity contribution in [2.24, 2.45) is 0 Å². The van der Waals surface area contributed by atoms with Crippen molar-refractivity contribution in [2.75, 3.05) is 5.73 Å². The highest BCUT2D eigenvalue weighted by molar-refractivity contribution is 6.17. The molecule has 0 atom stereocenters. The maximum absolute atomic E-state index is 6.11. The van der Waals surface area contributed by atoms with E-state index in [2.05, 4.69) is 59.2 Å². The number of hydrogen-bond acceptors (Lipinski definition) is 2. The third-order valence-corrected chi connectivity index (χ3v) is 5.30. The van der Waals surface area contributed by atoms with Gasteiger partial charge in [-0.2, -0.15) is 0 Å². The van der Waals surface area contributed by atoms with E-state index in [-0.39, 0.29) is 0 Å². The van der Waals surface area contributed by atoms with Crippen molar-refractivity contribution >= 4 is 49.4 Å². The van der Waals surface area contributed by atoms with Crippen LogP contribution in [0.5, 0.6) is 0 Å². The van der Waals surface area contributed by atoms with Crippen LogP contribution in [-0.2, 0) is 0 Å². The zero-order valence-corrected chi connectivity index (χ0v) is 14.5. The van der Waals surface area contributed by atoms with E-state index >= 15 is 0 Å². The summed E-state index contributed by atoms with van der Waals surface area (Å²) in [5.41, 5.74) is 12.1. The molecule has 2 aromatic heterocycles. The van der Waals surface area contributed by atoms with Gasteiger partial charge in [-0.05, 0) is 48.5 Å². The van der Waals surface area contributed by atoms with Crippen LogP contribution >= 0.6 is 0 Å². The van der Waals surface area contributed by atoms with Gasteiger partial charge in [0.15, 0.2) is 0 Å². The number of benzene rings is 4. The smallest absolute Gasteiger partial charge is 0.136 e. The number of rotatable bonds is 1. The molecule has 3 nitrogen and oxygen atoms in total. The minimum absolute atomic E-state index is 0.763. The number of anilines is 1. The van der Waals surface area contributed by atoms with Crippen LogP contribution < -0.4 is 5.73 Å². The Labute approximate surface area is 155 Å². The third kappa shape index (κ3) is 1.97. The first-order chi connectivity index (χ1) is 13.3. The Balaban J connectivity index is 1.86. The predicted molar refractivity (Wildman–Crippen MR) is 112 cm³/mol. The quantitative estimate of drug-likeness (QED) is 0.356. The molecule has 6 aromatic rings. The summed E-state index contributed by atoms with van der Waals surface area (Å²) in [6, 6.07) is 29.1. The van der Waals surface area contributed by atoms with Gasteiger partial charge >= 0.3 is 0 Å². The van der Waals surface area contributed by atoms with Gasteiger partial charge in [-0.25, -0.2) is 0 Å². The Bertz CT molecular complexity index is 1470. The van der Waals surface area contributed by atoms with Crippen molar-refractivity contribution in [1.29, 1.82) is 0 Å². The van der Waals surface area contributed by atoms with Crippen molar-refractivity contribution in [3.05, 3.63) is 84.9 Å². The Hall–Kier alpha value is -3.72. The average molecular weight is 348 g/mol. The van der Waals surface area contributed by atoms with Gasteiger partial charge in [-0.15, -0.1) is 0 Å². The number of fused-ring (bicyclic) bond motifs is 6. The lowest BCUT2D eigenvalue weighted by atomic mass is 10.1. The highest BCUT2D eigenvalue weighted by atomic mass is 16.3. The second kappa shape index (κ2) is 5.15. The number of para-hydroxylation sites is 2. The van der Waals surface area contributed by atoms with Gasteiger partial charge in [0.1, 0.15) is 11.2 Å². The molecule has 4 aromatic carbocycles. The van der Waals surface area contributed by atoms with E-state index in [9.17, 15) is 0 Å². The highest BCUT2D eigenvalue weighted by Crippen LogP contribution is 2.38. The zero-order chi connectivity index (χ0) is 18.0. The molecular formula is C24H16N2O. The highest BCUT2D eigenvalue weighted by Gasteiger charge is 2.16. The van der Waals surface area contributed by atoms with Gasteiger partial charge in [-0.1, -0.05) is 36.4 Å². The van der Waals surface area contributed by atoms with Crippen LogP contribution in [0.15, 0.2) is 89.3 Å². The van der Waals surface area contributed by atoms with Crippen LogP contribution in [0, 0.1) is 0 Å². The van der Waals surface area contributed by atoms with E-state index in [0.717, 1.165) is 55.1 Å². The Morgan fingerprint density at radius 2 is 1.37 bits per heavy atom.